The van der Waals surface area contributed by atoms with Crippen LogP contribution in [0.15, 0.2) is 36.5 Å². The van der Waals surface area contributed by atoms with Gasteiger partial charge in [-0.1, -0.05) is 301 Å². The van der Waals surface area contributed by atoms with E-state index in [2.05, 4.69) is 55.6 Å². The summed E-state index contributed by atoms with van der Waals surface area (Å²) in [5.74, 6) is -0.139. The quantitative estimate of drug-likeness (QED) is 0.0261. The molecule has 1 fully saturated rings. The summed E-state index contributed by atoms with van der Waals surface area (Å²) in [7, 11) is 0. The molecule has 0 aromatic rings. The van der Waals surface area contributed by atoms with Crippen molar-refractivity contribution in [1.82, 2.24) is 5.32 Å². The minimum absolute atomic E-state index is 0.135. The number of amides is 1. The molecule has 7 atom stereocenters. The van der Waals surface area contributed by atoms with Gasteiger partial charge in [-0.25, -0.2) is 0 Å². The summed E-state index contributed by atoms with van der Waals surface area (Å²) in [5, 5.41) is 54.8. The number of carbonyl (C=O) groups is 1. The van der Waals surface area contributed by atoms with E-state index in [9.17, 15) is 30.3 Å². The van der Waals surface area contributed by atoms with Crippen molar-refractivity contribution in [3.05, 3.63) is 36.5 Å². The van der Waals surface area contributed by atoms with Crippen molar-refractivity contribution in [3.8, 4) is 0 Å². The SMILES string of the molecule is CCCCCCC/C=C\C/C=C\C/C=C\CCCCCCCCCCCCCCCCCCC(=O)NC(COC1OC(CO)C(O)C(O)C1O)C(O)CCCCCCCCCCCCCCCCCCCCCCC. The van der Waals surface area contributed by atoms with E-state index in [1.54, 1.807) is 0 Å². The molecule has 1 aliphatic rings. The molecule has 1 amide bonds. The summed E-state index contributed by atoms with van der Waals surface area (Å²) in [5.41, 5.74) is 0. The van der Waals surface area contributed by atoms with Crippen molar-refractivity contribution in [1.29, 1.82) is 0 Å². The van der Waals surface area contributed by atoms with Gasteiger partial charge in [0, 0.05) is 6.42 Å². The lowest BCUT2D eigenvalue weighted by atomic mass is 9.99. The number of carbonyl (C=O) groups excluding carboxylic acids is 1. The predicted molar refractivity (Wildman–Crippen MR) is 318 cm³/mol. The van der Waals surface area contributed by atoms with E-state index in [1.807, 2.05) is 0 Å². The highest BCUT2D eigenvalue weighted by Gasteiger charge is 2.44. The van der Waals surface area contributed by atoms with Crippen molar-refractivity contribution >= 4 is 5.91 Å². The molecule has 0 saturated carbocycles. The Kier molecular flexibility index (Phi) is 53.1. The fourth-order valence-corrected chi connectivity index (χ4v) is 10.6. The van der Waals surface area contributed by atoms with Crippen LogP contribution in [0, 0.1) is 0 Å². The van der Waals surface area contributed by atoms with Gasteiger partial charge in [0.15, 0.2) is 6.29 Å². The molecular formula is C66H125NO8. The minimum Gasteiger partial charge on any atom is -0.394 e. The van der Waals surface area contributed by atoms with Gasteiger partial charge >= 0.3 is 0 Å². The van der Waals surface area contributed by atoms with Crippen LogP contribution < -0.4 is 5.32 Å². The first kappa shape index (κ1) is 71.4. The maximum atomic E-state index is 13.1. The topological polar surface area (TPSA) is 149 Å². The molecule has 1 saturated heterocycles. The molecule has 6 N–H and O–H groups in total. The van der Waals surface area contributed by atoms with Crippen LogP contribution in [0.5, 0.6) is 0 Å². The zero-order valence-corrected chi connectivity index (χ0v) is 49.3. The van der Waals surface area contributed by atoms with Gasteiger partial charge in [0.1, 0.15) is 24.4 Å². The minimum atomic E-state index is -1.55. The second-order valence-corrected chi connectivity index (χ2v) is 22.9. The average molecular weight is 1060 g/mol. The van der Waals surface area contributed by atoms with E-state index in [4.69, 9.17) is 9.47 Å². The van der Waals surface area contributed by atoms with Crippen LogP contribution in [0.1, 0.15) is 322 Å². The first-order chi connectivity index (χ1) is 36.8. The fourth-order valence-electron chi connectivity index (χ4n) is 10.6. The molecule has 1 heterocycles. The Bertz CT molecular complexity index is 1270. The summed E-state index contributed by atoms with van der Waals surface area (Å²) in [4.78, 5) is 13.1. The Balaban J connectivity index is 2.13. The zero-order valence-electron chi connectivity index (χ0n) is 49.3. The molecule has 0 aromatic carbocycles. The van der Waals surface area contributed by atoms with Crippen LogP contribution >= 0.6 is 0 Å². The maximum absolute atomic E-state index is 13.1. The summed E-state index contributed by atoms with van der Waals surface area (Å²) in [6, 6.07) is -0.719. The standard InChI is InChI=1S/C66H125NO8/c1-3-5-7-9-11-13-15-17-19-21-23-25-26-27-28-29-30-31-32-33-34-36-38-40-42-44-46-48-50-52-54-56-62(70)67-59(58-74-66-65(73)64(72)63(71)61(57-68)75-66)60(69)55-53-51-49-47-45-43-41-39-37-35-24-22-20-18-16-14-12-10-8-6-4-2/h15,17,21,23,26-27,59-61,63-66,68-69,71-73H,3-14,16,18-20,22,24-25,28-58H2,1-2H3,(H,67,70)/b17-15-,23-21-,27-26-. The third-order valence-corrected chi connectivity index (χ3v) is 15.7. The van der Waals surface area contributed by atoms with Gasteiger partial charge in [0.25, 0.3) is 0 Å². The first-order valence-corrected chi connectivity index (χ1v) is 32.7. The average Bonchev–Trinajstić information content (AvgIpc) is 3.41. The number of ether oxygens (including phenoxy) is 2. The van der Waals surface area contributed by atoms with E-state index in [0.29, 0.717) is 12.8 Å². The van der Waals surface area contributed by atoms with Gasteiger partial charge in [-0.2, -0.15) is 0 Å². The lowest BCUT2D eigenvalue weighted by molar-refractivity contribution is -0.302. The van der Waals surface area contributed by atoms with Crippen molar-refractivity contribution in [2.24, 2.45) is 0 Å². The highest BCUT2D eigenvalue weighted by atomic mass is 16.7. The van der Waals surface area contributed by atoms with Crippen molar-refractivity contribution in [3.63, 3.8) is 0 Å². The molecule has 0 bridgehead atoms. The number of hydrogen-bond acceptors (Lipinski definition) is 8. The highest BCUT2D eigenvalue weighted by Crippen LogP contribution is 2.24. The molecule has 7 unspecified atom stereocenters. The number of aliphatic hydroxyl groups is 5. The van der Waals surface area contributed by atoms with Gasteiger partial charge in [0.2, 0.25) is 5.91 Å². The molecule has 0 radical (unpaired) electrons. The summed E-state index contributed by atoms with van der Waals surface area (Å²) < 4.78 is 11.4. The smallest absolute Gasteiger partial charge is 0.220 e. The molecule has 0 aliphatic carbocycles. The van der Waals surface area contributed by atoms with Crippen molar-refractivity contribution in [2.45, 2.75) is 365 Å². The Labute approximate surface area is 463 Å². The van der Waals surface area contributed by atoms with E-state index < -0.39 is 49.5 Å². The van der Waals surface area contributed by atoms with E-state index in [1.165, 1.54) is 244 Å². The lowest BCUT2D eigenvalue weighted by Crippen LogP contribution is -2.60. The van der Waals surface area contributed by atoms with Gasteiger partial charge < -0.3 is 40.3 Å². The monoisotopic (exact) mass is 1060 g/mol. The Morgan fingerprint density at radius 2 is 0.787 bits per heavy atom. The van der Waals surface area contributed by atoms with Crippen LogP contribution in [0.3, 0.4) is 0 Å². The number of unbranched alkanes of at least 4 members (excludes halogenated alkanes) is 41. The predicted octanol–water partition coefficient (Wildman–Crippen LogP) is 17.1. The number of nitrogens with one attached hydrogen (secondary N) is 1. The summed E-state index contributed by atoms with van der Waals surface area (Å²) in [6.07, 6.45) is 66.2. The largest absolute Gasteiger partial charge is 0.394 e. The Morgan fingerprint density at radius 3 is 1.16 bits per heavy atom. The molecule has 1 rings (SSSR count). The molecule has 0 spiro atoms. The van der Waals surface area contributed by atoms with Crippen LogP contribution in [0.25, 0.3) is 0 Å². The molecular weight excluding hydrogens is 935 g/mol. The van der Waals surface area contributed by atoms with E-state index in [-0.39, 0.29) is 12.5 Å². The van der Waals surface area contributed by atoms with Gasteiger partial charge in [-0.05, 0) is 51.4 Å². The summed E-state index contributed by atoms with van der Waals surface area (Å²) >= 11 is 0. The number of hydrogen-bond donors (Lipinski definition) is 6. The first-order valence-electron chi connectivity index (χ1n) is 32.7. The summed E-state index contributed by atoms with van der Waals surface area (Å²) in [6.45, 7) is 3.87. The van der Waals surface area contributed by atoms with Gasteiger partial charge in [0.05, 0.1) is 25.4 Å². The van der Waals surface area contributed by atoms with E-state index >= 15 is 0 Å². The van der Waals surface area contributed by atoms with Gasteiger partial charge in [-0.3, -0.25) is 4.79 Å². The number of rotatable bonds is 57. The third-order valence-electron chi connectivity index (χ3n) is 15.7. The second kappa shape index (κ2) is 55.7. The second-order valence-electron chi connectivity index (χ2n) is 22.9. The van der Waals surface area contributed by atoms with Crippen LogP contribution in [0.2, 0.25) is 0 Å². The number of allylic oxidation sites excluding steroid dienone is 6. The third kappa shape index (κ3) is 44.9. The van der Waals surface area contributed by atoms with Crippen LogP contribution in [0.4, 0.5) is 0 Å². The van der Waals surface area contributed by atoms with Crippen molar-refractivity contribution in [2.75, 3.05) is 13.2 Å². The molecule has 1 aliphatic heterocycles. The van der Waals surface area contributed by atoms with Crippen LogP contribution in [-0.4, -0.2) is 87.5 Å². The Morgan fingerprint density at radius 1 is 0.453 bits per heavy atom. The lowest BCUT2D eigenvalue weighted by Gasteiger charge is -2.40. The maximum Gasteiger partial charge on any atom is 0.220 e. The normalized spacial score (nSPS) is 19.1. The van der Waals surface area contributed by atoms with Crippen LogP contribution in [-0.2, 0) is 14.3 Å². The highest BCUT2D eigenvalue weighted by molar-refractivity contribution is 5.76. The molecule has 75 heavy (non-hydrogen) atoms. The Hall–Kier alpha value is -1.59. The molecule has 9 nitrogen and oxygen atoms in total. The fraction of sp³-hybridized carbons (Fsp3) is 0.894. The van der Waals surface area contributed by atoms with Crippen molar-refractivity contribution < 1.29 is 39.8 Å². The number of aliphatic hydroxyl groups excluding tert-OH is 5. The van der Waals surface area contributed by atoms with E-state index in [0.717, 1.165) is 51.4 Å². The molecule has 9 heteroatoms. The molecule has 442 valence electrons. The van der Waals surface area contributed by atoms with Gasteiger partial charge in [-0.15, -0.1) is 0 Å². The zero-order chi connectivity index (χ0) is 54.3. The molecule has 0 aromatic heterocycles.